The fraction of sp³-hybridized carbons (Fsp3) is 0.500. The van der Waals surface area contributed by atoms with E-state index in [1.165, 1.54) is 12.1 Å². The van der Waals surface area contributed by atoms with Crippen LogP contribution >= 0.6 is 0 Å². The largest absolute Gasteiger partial charge is 0.508 e. The highest BCUT2D eigenvalue weighted by Gasteiger charge is 2.22. The summed E-state index contributed by atoms with van der Waals surface area (Å²) in [7, 11) is 3.82. The Morgan fingerprint density at radius 1 is 1.45 bits per heavy atom. The van der Waals surface area contributed by atoms with Crippen molar-refractivity contribution in [2.24, 2.45) is 0 Å². The molecule has 0 fully saturated rings. The second-order valence-corrected chi connectivity index (χ2v) is 4.69. The van der Waals surface area contributed by atoms with Crippen molar-refractivity contribution >= 4 is 5.97 Å². The van der Waals surface area contributed by atoms with Crippen molar-refractivity contribution in [3.05, 3.63) is 29.6 Å². The average Bonchev–Trinajstić information content (AvgIpc) is 2.33. The van der Waals surface area contributed by atoms with Gasteiger partial charge in [0.25, 0.3) is 0 Å². The number of nitrogens with zero attached hydrogens (tertiary/aromatic N) is 1. The van der Waals surface area contributed by atoms with Gasteiger partial charge in [0.1, 0.15) is 17.6 Å². The van der Waals surface area contributed by atoms with E-state index in [2.05, 4.69) is 5.32 Å². The molecule has 5 nitrogen and oxygen atoms in total. The number of carbonyl (C=O) groups excluding carboxylic acids is 1. The number of rotatable bonds is 7. The summed E-state index contributed by atoms with van der Waals surface area (Å²) in [5, 5.41) is 12.5. The molecule has 112 valence electrons. The maximum atomic E-state index is 13.3. The monoisotopic (exact) mass is 284 g/mol. The Morgan fingerprint density at radius 2 is 2.15 bits per heavy atom. The minimum Gasteiger partial charge on any atom is -0.508 e. The van der Waals surface area contributed by atoms with Crippen molar-refractivity contribution in [1.82, 2.24) is 10.2 Å². The summed E-state index contributed by atoms with van der Waals surface area (Å²) < 4.78 is 18.3. The van der Waals surface area contributed by atoms with Crippen molar-refractivity contribution in [1.29, 1.82) is 0 Å². The van der Waals surface area contributed by atoms with Gasteiger partial charge in [-0.1, -0.05) is 0 Å². The molecule has 0 spiro atoms. The molecule has 0 aromatic heterocycles. The highest BCUT2D eigenvalue weighted by molar-refractivity contribution is 5.77. The van der Waals surface area contributed by atoms with E-state index in [1.54, 1.807) is 6.92 Å². The number of hydrogen-bond donors (Lipinski definition) is 2. The molecule has 0 amide bonds. The first kappa shape index (κ1) is 16.4. The number of esters is 1. The third-order valence-corrected chi connectivity index (χ3v) is 2.67. The van der Waals surface area contributed by atoms with Crippen LogP contribution in [0.15, 0.2) is 18.2 Å². The predicted octanol–water partition coefficient (Wildman–Crippen LogP) is 1.29. The van der Waals surface area contributed by atoms with E-state index < -0.39 is 17.8 Å². The van der Waals surface area contributed by atoms with Crippen LogP contribution in [0.3, 0.4) is 0 Å². The van der Waals surface area contributed by atoms with Gasteiger partial charge in [-0.2, -0.15) is 0 Å². The summed E-state index contributed by atoms with van der Waals surface area (Å²) in [6.45, 7) is 3.20. The molecule has 2 N–H and O–H groups in total. The van der Waals surface area contributed by atoms with Gasteiger partial charge in [-0.05, 0) is 38.7 Å². The second-order valence-electron chi connectivity index (χ2n) is 4.69. The predicted molar refractivity (Wildman–Crippen MR) is 74.0 cm³/mol. The number of aromatic hydroxyl groups is 1. The van der Waals surface area contributed by atoms with Crippen LogP contribution in [0.25, 0.3) is 0 Å². The lowest BCUT2D eigenvalue weighted by molar-refractivity contribution is -0.145. The van der Waals surface area contributed by atoms with Crippen molar-refractivity contribution < 1.29 is 19.0 Å². The zero-order valence-corrected chi connectivity index (χ0v) is 12.0. The Morgan fingerprint density at radius 3 is 2.70 bits per heavy atom. The summed E-state index contributed by atoms with van der Waals surface area (Å²) in [5.41, 5.74) is 0.347. The van der Waals surface area contributed by atoms with Gasteiger partial charge in [0, 0.05) is 19.2 Å². The van der Waals surface area contributed by atoms with Crippen LogP contribution in [-0.4, -0.2) is 49.8 Å². The lowest BCUT2D eigenvalue weighted by Crippen LogP contribution is -2.35. The third kappa shape index (κ3) is 5.14. The van der Waals surface area contributed by atoms with Crippen LogP contribution in [0, 0.1) is 5.82 Å². The molecule has 0 saturated carbocycles. The second kappa shape index (κ2) is 7.81. The molecule has 1 rings (SSSR count). The van der Waals surface area contributed by atoms with Crippen molar-refractivity contribution in [3.8, 4) is 5.75 Å². The van der Waals surface area contributed by atoms with Gasteiger partial charge in [-0.3, -0.25) is 5.32 Å². The Labute approximate surface area is 118 Å². The van der Waals surface area contributed by atoms with Crippen LogP contribution in [0.1, 0.15) is 18.5 Å². The summed E-state index contributed by atoms with van der Waals surface area (Å²) in [4.78, 5) is 13.9. The maximum absolute atomic E-state index is 13.3. The molecule has 0 saturated heterocycles. The van der Waals surface area contributed by atoms with Crippen LogP contribution in [0.5, 0.6) is 5.75 Å². The molecule has 1 aromatic carbocycles. The van der Waals surface area contributed by atoms with E-state index >= 15 is 0 Å². The van der Waals surface area contributed by atoms with Gasteiger partial charge >= 0.3 is 5.97 Å². The fourth-order valence-electron chi connectivity index (χ4n) is 1.76. The van der Waals surface area contributed by atoms with Gasteiger partial charge in [0.2, 0.25) is 0 Å². The zero-order valence-electron chi connectivity index (χ0n) is 12.0. The minimum atomic E-state index is -0.795. The summed E-state index contributed by atoms with van der Waals surface area (Å²) in [6, 6.07) is 2.76. The first-order chi connectivity index (χ1) is 9.43. The van der Waals surface area contributed by atoms with Crippen LogP contribution in [0.4, 0.5) is 4.39 Å². The normalized spacial score (nSPS) is 12.4. The van der Waals surface area contributed by atoms with E-state index in [9.17, 15) is 14.3 Å². The summed E-state index contributed by atoms with van der Waals surface area (Å²) in [5.74, 6) is -1.30. The van der Waals surface area contributed by atoms with E-state index in [1.807, 2.05) is 19.0 Å². The number of benzene rings is 1. The SMILES string of the molecule is CCOC(=O)C(NCCN(C)C)c1cc(O)cc(F)c1. The Hall–Kier alpha value is -1.66. The first-order valence-electron chi connectivity index (χ1n) is 6.48. The van der Waals surface area contributed by atoms with Gasteiger partial charge in [0.15, 0.2) is 0 Å². The molecular formula is C14H21FN2O3. The topological polar surface area (TPSA) is 61.8 Å². The van der Waals surface area contributed by atoms with E-state index in [0.717, 1.165) is 12.6 Å². The molecule has 0 aliphatic carbocycles. The lowest BCUT2D eigenvalue weighted by Gasteiger charge is -2.19. The first-order valence-corrected chi connectivity index (χ1v) is 6.48. The van der Waals surface area contributed by atoms with Crippen molar-refractivity contribution in [3.63, 3.8) is 0 Å². The van der Waals surface area contributed by atoms with Gasteiger partial charge in [-0.25, -0.2) is 9.18 Å². The van der Waals surface area contributed by atoms with Crippen LogP contribution in [0.2, 0.25) is 0 Å². The number of carbonyl (C=O) groups is 1. The number of phenols is 1. The maximum Gasteiger partial charge on any atom is 0.327 e. The minimum absolute atomic E-state index is 0.219. The average molecular weight is 284 g/mol. The quantitative estimate of drug-likeness (QED) is 0.739. The zero-order chi connectivity index (χ0) is 15.1. The Bertz CT molecular complexity index is 432. The highest BCUT2D eigenvalue weighted by Crippen LogP contribution is 2.21. The molecule has 20 heavy (non-hydrogen) atoms. The van der Waals surface area contributed by atoms with Crippen molar-refractivity contribution in [2.45, 2.75) is 13.0 Å². The third-order valence-electron chi connectivity index (χ3n) is 2.67. The Kier molecular flexibility index (Phi) is 6.41. The number of hydrogen-bond acceptors (Lipinski definition) is 5. The molecule has 0 radical (unpaired) electrons. The van der Waals surface area contributed by atoms with E-state index in [0.29, 0.717) is 12.1 Å². The Balaban J connectivity index is 2.88. The fourth-order valence-corrected chi connectivity index (χ4v) is 1.76. The molecule has 1 unspecified atom stereocenters. The summed E-state index contributed by atoms with van der Waals surface area (Å²) >= 11 is 0. The van der Waals surface area contributed by atoms with Crippen LogP contribution in [-0.2, 0) is 9.53 Å². The smallest absolute Gasteiger partial charge is 0.327 e. The number of phenolic OH excluding ortho intramolecular Hbond substituents is 1. The molecule has 0 bridgehead atoms. The number of likely N-dealkylation sites (N-methyl/N-ethyl adjacent to an activating group) is 1. The number of nitrogens with one attached hydrogen (secondary N) is 1. The van der Waals surface area contributed by atoms with Gasteiger partial charge in [0.05, 0.1) is 6.61 Å². The standard InChI is InChI=1S/C14H21FN2O3/c1-4-20-14(19)13(16-5-6-17(2)3)10-7-11(15)9-12(18)8-10/h7-9,13,16,18H,4-6H2,1-3H3. The highest BCUT2D eigenvalue weighted by atomic mass is 19.1. The molecule has 1 aromatic rings. The molecule has 1 atom stereocenters. The van der Waals surface area contributed by atoms with E-state index in [4.69, 9.17) is 4.74 Å². The molecule has 0 aliphatic heterocycles. The van der Waals surface area contributed by atoms with Gasteiger partial charge < -0.3 is 14.7 Å². The summed E-state index contributed by atoms with van der Waals surface area (Å²) in [6.07, 6.45) is 0. The van der Waals surface area contributed by atoms with E-state index in [-0.39, 0.29) is 12.4 Å². The molecule has 6 heteroatoms. The van der Waals surface area contributed by atoms with Gasteiger partial charge in [-0.15, -0.1) is 0 Å². The number of halogens is 1. The number of ether oxygens (including phenoxy) is 1. The van der Waals surface area contributed by atoms with Crippen LogP contribution < -0.4 is 5.32 Å². The molecule has 0 aliphatic rings. The molecular weight excluding hydrogens is 263 g/mol. The molecule has 0 heterocycles. The van der Waals surface area contributed by atoms with Crippen molar-refractivity contribution in [2.75, 3.05) is 33.8 Å². The lowest BCUT2D eigenvalue weighted by atomic mass is 10.1.